The summed E-state index contributed by atoms with van der Waals surface area (Å²) >= 11 is 0. The number of imide groups is 1. The summed E-state index contributed by atoms with van der Waals surface area (Å²) in [6.45, 7) is 2.13. The Bertz CT molecular complexity index is 2030. The molecule has 0 radical (unpaired) electrons. The fraction of sp³-hybridized carbons (Fsp3) is 0.226. The second-order valence-electron chi connectivity index (χ2n) is 11.0. The van der Waals surface area contributed by atoms with Crippen LogP contribution in [0.1, 0.15) is 38.9 Å². The van der Waals surface area contributed by atoms with Gasteiger partial charge in [0.15, 0.2) is 5.69 Å². The van der Waals surface area contributed by atoms with E-state index in [0.29, 0.717) is 5.56 Å². The number of carbonyl (C=O) groups excluding carboxylic acids is 3. The number of fused-ring (bicyclic) bond motifs is 1. The van der Waals surface area contributed by atoms with Gasteiger partial charge in [0, 0.05) is 5.56 Å². The summed E-state index contributed by atoms with van der Waals surface area (Å²) in [4.78, 5) is 42.3. The molecule has 0 spiro atoms. The molecule has 3 amide bonds. The number of nitrogens with zero attached hydrogens (tertiary/aromatic N) is 6. The van der Waals surface area contributed by atoms with Crippen LogP contribution in [0.4, 0.5) is 18.0 Å². The standard InChI is InChI=1S/C31H28F3N7O8S/c1-19-8-10-21(11-9-19)26-16-27(31(32,33)34)35-40(26)22-12-14-23(15-13-22)50(46,47)36-30(44)48-17-20(2)38(3)41(45)37-49-18-39-28(42)24-6-4-5-7-25(24)29(39)43/h4-16,20H,17-18H2,1-3H3,(H,36,44)/b41-37-/t20-/m0/s1. The van der Waals surface area contributed by atoms with Crippen molar-refractivity contribution in [3.63, 3.8) is 0 Å². The maximum atomic E-state index is 13.5. The molecule has 15 nitrogen and oxygen atoms in total. The van der Waals surface area contributed by atoms with Crippen molar-refractivity contribution < 1.29 is 50.5 Å². The first-order chi connectivity index (χ1) is 23.6. The molecular formula is C31H28F3N7O8S. The third-order valence-corrected chi connectivity index (χ3v) is 8.84. The molecule has 0 aliphatic carbocycles. The molecule has 3 aromatic carbocycles. The summed E-state index contributed by atoms with van der Waals surface area (Å²) in [7, 11) is -3.24. The smallest absolute Gasteiger partial charge is 0.435 e. The zero-order valence-corrected chi connectivity index (χ0v) is 27.3. The van der Waals surface area contributed by atoms with E-state index in [4.69, 9.17) is 9.57 Å². The van der Waals surface area contributed by atoms with Gasteiger partial charge in [-0.2, -0.15) is 18.3 Å². The van der Waals surface area contributed by atoms with Gasteiger partial charge in [0.25, 0.3) is 21.8 Å². The molecule has 1 atom stereocenters. The Morgan fingerprint density at radius 2 is 1.64 bits per heavy atom. The maximum absolute atomic E-state index is 13.5. The molecule has 0 saturated carbocycles. The second kappa shape index (κ2) is 13.9. The highest BCUT2D eigenvalue weighted by molar-refractivity contribution is 7.90. The van der Waals surface area contributed by atoms with E-state index < -0.39 is 64.1 Å². The van der Waals surface area contributed by atoms with Crippen LogP contribution in [0.3, 0.4) is 0 Å². The summed E-state index contributed by atoms with van der Waals surface area (Å²) in [6.07, 6.45) is -6.11. The number of hydrazine groups is 1. The molecule has 1 aliphatic rings. The molecule has 0 bridgehead atoms. The lowest BCUT2D eigenvalue weighted by atomic mass is 10.1. The number of nitrogens with one attached hydrogen (secondary N) is 1. The quantitative estimate of drug-likeness (QED) is 0.0994. The van der Waals surface area contributed by atoms with Crippen LogP contribution >= 0.6 is 0 Å². The van der Waals surface area contributed by atoms with Crippen molar-refractivity contribution >= 4 is 27.9 Å². The predicted octanol–water partition coefficient (Wildman–Crippen LogP) is 4.66. The molecule has 262 valence electrons. The number of ether oxygens (including phenoxy) is 1. The van der Waals surface area contributed by atoms with Gasteiger partial charge in [0.05, 0.1) is 39.4 Å². The fourth-order valence-electron chi connectivity index (χ4n) is 4.63. The first-order valence-electron chi connectivity index (χ1n) is 14.6. The first-order valence-corrected chi connectivity index (χ1v) is 16.1. The highest BCUT2D eigenvalue weighted by Gasteiger charge is 2.37. The van der Waals surface area contributed by atoms with Gasteiger partial charge in [-0.3, -0.25) is 9.59 Å². The number of carbonyl (C=O) groups is 3. The highest BCUT2D eigenvalue weighted by Crippen LogP contribution is 2.33. The molecule has 0 fully saturated rings. The van der Waals surface area contributed by atoms with Crippen LogP contribution in [0.25, 0.3) is 16.9 Å². The number of likely N-dealkylation sites (N-methyl/N-ethyl adjacent to an activating group) is 1. The van der Waals surface area contributed by atoms with E-state index in [1.165, 1.54) is 38.2 Å². The van der Waals surface area contributed by atoms with Crippen molar-refractivity contribution in [2.75, 3.05) is 20.4 Å². The maximum Gasteiger partial charge on any atom is 0.435 e. The van der Waals surface area contributed by atoms with E-state index >= 15 is 0 Å². The number of aryl methyl sites for hydroxylation is 1. The summed E-state index contributed by atoms with van der Waals surface area (Å²) in [6, 6.07) is 17.5. The van der Waals surface area contributed by atoms with Crippen molar-refractivity contribution in [3.8, 4) is 16.9 Å². The van der Waals surface area contributed by atoms with Crippen LogP contribution in [-0.2, 0) is 25.8 Å². The Kier molecular flexibility index (Phi) is 9.80. The largest absolute Gasteiger partial charge is 0.569 e. The molecule has 50 heavy (non-hydrogen) atoms. The van der Waals surface area contributed by atoms with E-state index in [2.05, 4.69) is 10.4 Å². The van der Waals surface area contributed by atoms with Gasteiger partial charge in [-0.1, -0.05) is 42.0 Å². The zero-order chi connectivity index (χ0) is 36.4. The predicted molar refractivity (Wildman–Crippen MR) is 167 cm³/mol. The van der Waals surface area contributed by atoms with Crippen molar-refractivity contribution in [2.45, 2.75) is 31.0 Å². The molecule has 2 heterocycles. The molecule has 4 aromatic rings. The number of amides is 3. The summed E-state index contributed by atoms with van der Waals surface area (Å²) in [5, 5.41) is 20.2. The third kappa shape index (κ3) is 7.51. The summed E-state index contributed by atoms with van der Waals surface area (Å²) in [5.74, 6) is -1.23. The van der Waals surface area contributed by atoms with Crippen molar-refractivity contribution in [3.05, 3.63) is 106 Å². The minimum absolute atomic E-state index is 0.0239. The van der Waals surface area contributed by atoms with E-state index in [1.807, 2.05) is 6.92 Å². The minimum Gasteiger partial charge on any atom is -0.569 e. The molecule has 5 rings (SSSR count). The Morgan fingerprint density at radius 3 is 2.22 bits per heavy atom. The van der Waals surface area contributed by atoms with Crippen LogP contribution in [-0.4, -0.2) is 77.4 Å². The van der Waals surface area contributed by atoms with Crippen molar-refractivity contribution in [2.24, 2.45) is 5.28 Å². The molecular weight excluding hydrogens is 687 g/mol. The number of halogens is 3. The molecule has 1 N–H and O–H groups in total. The van der Waals surface area contributed by atoms with E-state index in [0.717, 1.165) is 38.4 Å². The highest BCUT2D eigenvalue weighted by atomic mass is 32.2. The van der Waals surface area contributed by atoms with Crippen LogP contribution in [0.5, 0.6) is 0 Å². The minimum atomic E-state index is -4.73. The lowest BCUT2D eigenvalue weighted by molar-refractivity contribution is -0.712. The van der Waals surface area contributed by atoms with Gasteiger partial charge in [-0.25, -0.2) is 27.5 Å². The van der Waals surface area contributed by atoms with Crippen LogP contribution in [0.15, 0.2) is 89.0 Å². The summed E-state index contributed by atoms with van der Waals surface area (Å²) < 4.78 is 73.9. The molecule has 1 aromatic heterocycles. The van der Waals surface area contributed by atoms with Gasteiger partial charge in [-0.15, -0.1) is 5.01 Å². The molecule has 1 aliphatic heterocycles. The first kappa shape index (κ1) is 35.3. The normalized spacial score (nSPS) is 14.0. The average Bonchev–Trinajstić information content (AvgIpc) is 3.64. The SMILES string of the molecule is Cc1ccc(-c2cc(C(F)(F)F)nn2-c2ccc(S(=O)(=O)NC(=O)OC[C@H](C)N(C)/[N+]([O-])=N/OCN3C(=O)c4ccccc4C3=O)cc2)cc1. The fourth-order valence-corrected chi connectivity index (χ4v) is 5.52. The second-order valence-corrected chi connectivity index (χ2v) is 12.7. The van der Waals surface area contributed by atoms with Gasteiger partial charge >= 0.3 is 12.3 Å². The number of benzene rings is 3. The Morgan fingerprint density at radius 1 is 1.04 bits per heavy atom. The zero-order valence-electron chi connectivity index (χ0n) is 26.5. The monoisotopic (exact) mass is 715 g/mol. The number of hydrogen-bond donors (Lipinski definition) is 1. The third-order valence-electron chi connectivity index (χ3n) is 7.51. The number of aromatic nitrogens is 2. The van der Waals surface area contributed by atoms with Gasteiger partial charge in [0.1, 0.15) is 12.6 Å². The summed E-state index contributed by atoms with van der Waals surface area (Å²) in [5.41, 5.74) is 0.807. The number of sulfonamides is 1. The van der Waals surface area contributed by atoms with Crippen molar-refractivity contribution in [1.82, 2.24) is 24.4 Å². The Hall–Kier alpha value is -5.98. The van der Waals surface area contributed by atoms with E-state index in [9.17, 15) is 41.2 Å². The van der Waals surface area contributed by atoms with Gasteiger partial charge < -0.3 is 14.8 Å². The molecule has 19 heteroatoms. The molecule has 0 saturated heterocycles. The number of alkyl halides is 3. The van der Waals surface area contributed by atoms with Crippen LogP contribution < -0.4 is 4.72 Å². The van der Waals surface area contributed by atoms with Gasteiger partial charge in [-0.05, 0) is 56.3 Å². The Labute approximate surface area is 282 Å². The van der Waals surface area contributed by atoms with Crippen LogP contribution in [0.2, 0.25) is 0 Å². The topological polar surface area (TPSA) is 179 Å². The van der Waals surface area contributed by atoms with Crippen LogP contribution in [0, 0.1) is 12.1 Å². The van der Waals surface area contributed by atoms with E-state index in [1.54, 1.807) is 41.1 Å². The average molecular weight is 716 g/mol. The Balaban J connectivity index is 1.17. The number of hydrogen-bond acceptors (Lipinski definition) is 10. The van der Waals surface area contributed by atoms with Crippen molar-refractivity contribution in [1.29, 1.82) is 0 Å². The van der Waals surface area contributed by atoms with Gasteiger partial charge in [0.2, 0.25) is 12.0 Å². The molecule has 0 unspecified atom stereocenters. The number of rotatable bonds is 11. The lowest BCUT2D eigenvalue weighted by Crippen LogP contribution is -2.40. The lowest BCUT2D eigenvalue weighted by Gasteiger charge is -2.20. The van der Waals surface area contributed by atoms with E-state index in [-0.39, 0.29) is 27.5 Å².